The molecule has 1 aromatic carbocycles. The van der Waals surface area contributed by atoms with E-state index in [9.17, 15) is 5.11 Å². The van der Waals surface area contributed by atoms with Crippen molar-refractivity contribution in [2.45, 2.75) is 63.9 Å². The van der Waals surface area contributed by atoms with Gasteiger partial charge in [-0.1, -0.05) is 13.0 Å². The van der Waals surface area contributed by atoms with Crippen molar-refractivity contribution in [2.75, 3.05) is 0 Å². The molecule has 3 nitrogen and oxygen atoms in total. The molecule has 0 bridgehead atoms. The van der Waals surface area contributed by atoms with Crippen LogP contribution in [0, 0.1) is 17.3 Å². The number of benzene rings is 1. The Morgan fingerprint density at radius 2 is 2.04 bits per heavy atom. The van der Waals surface area contributed by atoms with E-state index >= 15 is 0 Å². The Morgan fingerprint density at radius 3 is 2.91 bits per heavy atom. The molecule has 2 saturated carbocycles. The molecule has 2 fully saturated rings. The molecule has 2 N–H and O–H groups in total. The maximum absolute atomic E-state index is 10.9. The summed E-state index contributed by atoms with van der Waals surface area (Å²) in [4.78, 5) is 0. The van der Waals surface area contributed by atoms with Gasteiger partial charge >= 0.3 is 0 Å². The summed E-state index contributed by atoms with van der Waals surface area (Å²) in [6.45, 7) is 4.44. The Labute approximate surface area is 137 Å². The molecule has 122 valence electrons. The van der Waals surface area contributed by atoms with Crippen LogP contribution in [0.3, 0.4) is 0 Å². The van der Waals surface area contributed by atoms with E-state index in [1.807, 2.05) is 6.20 Å². The minimum Gasteiger partial charge on any atom is -0.390 e. The fourth-order valence-electron chi connectivity index (χ4n) is 6.35. The van der Waals surface area contributed by atoms with Gasteiger partial charge in [0.15, 0.2) is 0 Å². The highest BCUT2D eigenvalue weighted by atomic mass is 16.3. The van der Waals surface area contributed by atoms with Crippen molar-refractivity contribution >= 4 is 10.9 Å². The molecule has 0 radical (unpaired) electrons. The lowest BCUT2D eigenvalue weighted by Gasteiger charge is -2.52. The van der Waals surface area contributed by atoms with Crippen molar-refractivity contribution in [1.29, 1.82) is 0 Å². The van der Waals surface area contributed by atoms with Crippen LogP contribution >= 0.6 is 0 Å². The minimum atomic E-state index is -0.475. The van der Waals surface area contributed by atoms with Crippen LogP contribution in [0.4, 0.5) is 0 Å². The molecule has 5 atom stereocenters. The summed E-state index contributed by atoms with van der Waals surface area (Å²) < 4.78 is 0. The fraction of sp³-hybridized carbons (Fsp3) is 0.650. The Balaban J connectivity index is 1.59. The van der Waals surface area contributed by atoms with Gasteiger partial charge in [-0.3, -0.25) is 5.10 Å². The first kappa shape index (κ1) is 14.0. The third kappa shape index (κ3) is 1.67. The smallest absolute Gasteiger partial charge is 0.0675 e. The molecular weight excluding hydrogens is 284 g/mol. The van der Waals surface area contributed by atoms with E-state index < -0.39 is 5.60 Å². The first-order valence-corrected chi connectivity index (χ1v) is 9.18. The first-order chi connectivity index (χ1) is 11.0. The average molecular weight is 310 g/mol. The molecule has 2 aromatic rings. The second kappa shape index (κ2) is 4.38. The highest BCUT2D eigenvalue weighted by Gasteiger charge is 2.59. The summed E-state index contributed by atoms with van der Waals surface area (Å²) in [6.07, 6.45) is 9.01. The molecule has 0 aliphatic heterocycles. The number of hydrogen-bond donors (Lipinski definition) is 2. The van der Waals surface area contributed by atoms with Gasteiger partial charge in [-0.25, -0.2) is 0 Å². The Morgan fingerprint density at radius 1 is 1.17 bits per heavy atom. The molecule has 3 aliphatic rings. The van der Waals surface area contributed by atoms with Crippen molar-refractivity contribution in [3.63, 3.8) is 0 Å². The standard InChI is InChI=1S/C20H26N2O/c1-19-9-7-14-12-5-6-18-16(11-21-22-18)13(12)3-4-15(14)17(19)8-10-20(19,2)23/h5-6,11,14-15,17,23H,3-4,7-10H2,1-2H3,(H,21,22). The lowest BCUT2D eigenvalue weighted by atomic mass is 9.53. The van der Waals surface area contributed by atoms with E-state index in [4.69, 9.17) is 0 Å². The van der Waals surface area contributed by atoms with Crippen molar-refractivity contribution in [1.82, 2.24) is 10.2 Å². The number of nitrogens with one attached hydrogen (secondary N) is 1. The molecule has 5 rings (SSSR count). The van der Waals surface area contributed by atoms with Gasteiger partial charge in [0.05, 0.1) is 17.3 Å². The predicted molar refractivity (Wildman–Crippen MR) is 91.3 cm³/mol. The third-order valence-corrected chi connectivity index (χ3v) is 7.90. The average Bonchev–Trinajstić information content (AvgIpc) is 3.10. The minimum absolute atomic E-state index is 0.116. The van der Waals surface area contributed by atoms with Gasteiger partial charge in [0.25, 0.3) is 0 Å². The van der Waals surface area contributed by atoms with Crippen LogP contribution in [-0.2, 0) is 6.42 Å². The van der Waals surface area contributed by atoms with Gasteiger partial charge in [-0.15, -0.1) is 0 Å². The highest BCUT2D eigenvalue weighted by molar-refractivity contribution is 5.83. The van der Waals surface area contributed by atoms with Crippen LogP contribution < -0.4 is 0 Å². The lowest BCUT2D eigenvalue weighted by Crippen LogP contribution is -2.49. The van der Waals surface area contributed by atoms with E-state index in [0.717, 1.165) is 18.8 Å². The summed E-state index contributed by atoms with van der Waals surface area (Å²) in [5.41, 5.74) is 3.92. The lowest BCUT2D eigenvalue weighted by molar-refractivity contribution is -0.0901. The van der Waals surface area contributed by atoms with Crippen LogP contribution in [0.15, 0.2) is 18.3 Å². The Kier molecular flexibility index (Phi) is 2.67. The van der Waals surface area contributed by atoms with E-state index in [2.05, 4.69) is 36.2 Å². The summed E-state index contributed by atoms with van der Waals surface area (Å²) >= 11 is 0. The second-order valence-electron chi connectivity index (χ2n) is 8.65. The van der Waals surface area contributed by atoms with Gasteiger partial charge in [0, 0.05) is 5.39 Å². The molecule has 5 unspecified atom stereocenters. The number of H-pyrrole nitrogens is 1. The third-order valence-electron chi connectivity index (χ3n) is 7.90. The molecule has 1 aromatic heterocycles. The van der Waals surface area contributed by atoms with Crippen molar-refractivity contribution in [3.05, 3.63) is 29.5 Å². The number of aliphatic hydroxyl groups is 1. The molecule has 3 heteroatoms. The molecule has 0 saturated heterocycles. The number of nitrogens with zero attached hydrogens (tertiary/aromatic N) is 1. The van der Waals surface area contributed by atoms with Gasteiger partial charge in [0.1, 0.15) is 0 Å². The zero-order chi connectivity index (χ0) is 15.8. The topological polar surface area (TPSA) is 48.9 Å². The maximum Gasteiger partial charge on any atom is 0.0675 e. The first-order valence-electron chi connectivity index (χ1n) is 9.18. The second-order valence-corrected chi connectivity index (χ2v) is 8.65. The van der Waals surface area contributed by atoms with Crippen molar-refractivity contribution in [3.8, 4) is 0 Å². The predicted octanol–water partition coefficient (Wildman–Crippen LogP) is 4.17. The van der Waals surface area contributed by atoms with E-state index in [1.165, 1.54) is 42.1 Å². The molecular formula is C20H26N2O. The van der Waals surface area contributed by atoms with Crippen molar-refractivity contribution < 1.29 is 5.11 Å². The molecule has 0 spiro atoms. The fourth-order valence-corrected chi connectivity index (χ4v) is 6.35. The largest absolute Gasteiger partial charge is 0.390 e. The van der Waals surface area contributed by atoms with Crippen LogP contribution in [0.25, 0.3) is 10.9 Å². The van der Waals surface area contributed by atoms with Crippen LogP contribution in [0.2, 0.25) is 0 Å². The van der Waals surface area contributed by atoms with E-state index in [1.54, 1.807) is 5.56 Å². The number of fused-ring (bicyclic) bond motifs is 7. The summed E-state index contributed by atoms with van der Waals surface area (Å²) in [7, 11) is 0. The summed E-state index contributed by atoms with van der Waals surface area (Å²) in [5.74, 6) is 2.12. The van der Waals surface area contributed by atoms with Crippen LogP contribution in [-0.4, -0.2) is 20.9 Å². The van der Waals surface area contributed by atoms with Gasteiger partial charge in [0.2, 0.25) is 0 Å². The number of hydrogen-bond acceptors (Lipinski definition) is 2. The summed E-state index contributed by atoms with van der Waals surface area (Å²) in [5, 5.41) is 19.6. The Bertz CT molecular complexity index is 777. The molecule has 3 aliphatic carbocycles. The normalized spacial score (nSPS) is 42.3. The van der Waals surface area contributed by atoms with Crippen LogP contribution in [0.5, 0.6) is 0 Å². The van der Waals surface area contributed by atoms with Crippen LogP contribution in [0.1, 0.15) is 63.0 Å². The number of aryl methyl sites for hydroxylation is 1. The SMILES string of the molecule is CC1(O)CCC2C3CCc4c(ccc5[nH]ncc45)C3CCC21C. The molecule has 0 amide bonds. The zero-order valence-electron chi connectivity index (χ0n) is 14.1. The molecule has 1 heterocycles. The quantitative estimate of drug-likeness (QED) is 0.767. The number of rotatable bonds is 0. The van der Waals surface area contributed by atoms with Crippen molar-refractivity contribution in [2.24, 2.45) is 17.3 Å². The monoisotopic (exact) mass is 310 g/mol. The number of aromatic amines is 1. The van der Waals surface area contributed by atoms with Gasteiger partial charge < -0.3 is 5.11 Å². The maximum atomic E-state index is 10.9. The summed E-state index contributed by atoms with van der Waals surface area (Å²) in [6, 6.07) is 4.56. The van der Waals surface area contributed by atoms with Gasteiger partial charge in [-0.05, 0) is 85.8 Å². The van der Waals surface area contributed by atoms with Gasteiger partial charge in [-0.2, -0.15) is 5.10 Å². The van der Waals surface area contributed by atoms with E-state index in [0.29, 0.717) is 11.8 Å². The molecule has 23 heavy (non-hydrogen) atoms. The Hall–Kier alpha value is -1.35. The van der Waals surface area contributed by atoms with E-state index in [-0.39, 0.29) is 5.41 Å². The zero-order valence-corrected chi connectivity index (χ0v) is 14.1. The highest BCUT2D eigenvalue weighted by Crippen LogP contribution is 2.64. The number of aromatic nitrogens is 2.